The van der Waals surface area contributed by atoms with E-state index in [4.69, 9.17) is 0 Å². The Morgan fingerprint density at radius 2 is 1.19 bits per heavy atom. The molecule has 1 aliphatic rings. The third-order valence-corrected chi connectivity index (χ3v) is 6.21. The van der Waals surface area contributed by atoms with E-state index in [0.29, 0.717) is 6.42 Å². The summed E-state index contributed by atoms with van der Waals surface area (Å²) in [4.78, 5) is 72.9. The van der Waals surface area contributed by atoms with Crippen molar-refractivity contribution in [3.63, 3.8) is 0 Å². The van der Waals surface area contributed by atoms with Crippen LogP contribution < -0.4 is 0 Å². The predicted octanol–water partition coefficient (Wildman–Crippen LogP) is 4.52. The van der Waals surface area contributed by atoms with E-state index in [0.717, 1.165) is 19.3 Å². The largest absolute Gasteiger partial charge is 0.300 e. The minimum Gasteiger partial charge on any atom is -0.300 e. The number of Topliss-reactive ketones (excluding diaryl/α,β-unsaturated/α-hetero) is 6. The van der Waals surface area contributed by atoms with Crippen molar-refractivity contribution in [2.75, 3.05) is 0 Å². The standard InChI is InChI=1S/C26H32O6/c1-17(27)11-12-19(29)13-14-24(30)22-9-5-6-10-23(22)26(32)16-15-25(31)21-8-4-3-7-20(21)18(2)28/h5-6,9-10,20-21H,3-4,7-8,11-16H2,1-2H3. The van der Waals surface area contributed by atoms with Gasteiger partial charge in [0.2, 0.25) is 0 Å². The van der Waals surface area contributed by atoms with E-state index in [9.17, 15) is 28.8 Å². The van der Waals surface area contributed by atoms with Crippen LogP contribution in [0.1, 0.15) is 98.8 Å². The van der Waals surface area contributed by atoms with E-state index < -0.39 is 0 Å². The van der Waals surface area contributed by atoms with Gasteiger partial charge in [0.05, 0.1) is 0 Å². The second-order valence-electron chi connectivity index (χ2n) is 8.71. The van der Waals surface area contributed by atoms with Gasteiger partial charge in [-0.3, -0.25) is 24.0 Å². The van der Waals surface area contributed by atoms with Crippen molar-refractivity contribution in [1.29, 1.82) is 0 Å². The Balaban J connectivity index is 1.97. The third kappa shape index (κ3) is 7.43. The van der Waals surface area contributed by atoms with Crippen molar-refractivity contribution in [3.8, 4) is 0 Å². The Labute approximate surface area is 189 Å². The zero-order chi connectivity index (χ0) is 23.7. The fraction of sp³-hybridized carbons (Fsp3) is 0.538. The highest BCUT2D eigenvalue weighted by Crippen LogP contribution is 2.32. The quantitative estimate of drug-likeness (QED) is 0.418. The minimum atomic E-state index is -0.313. The van der Waals surface area contributed by atoms with Crippen LogP contribution in [-0.4, -0.2) is 34.7 Å². The Bertz CT molecular complexity index is 897. The number of hydrogen-bond acceptors (Lipinski definition) is 6. The Hall–Kier alpha value is -2.76. The van der Waals surface area contributed by atoms with Gasteiger partial charge in [0.15, 0.2) is 11.6 Å². The van der Waals surface area contributed by atoms with Gasteiger partial charge >= 0.3 is 0 Å². The Morgan fingerprint density at radius 3 is 1.72 bits per heavy atom. The Kier molecular flexibility index (Phi) is 9.82. The molecule has 6 nitrogen and oxygen atoms in total. The molecule has 2 unspecified atom stereocenters. The van der Waals surface area contributed by atoms with Gasteiger partial charge in [0, 0.05) is 61.5 Å². The van der Waals surface area contributed by atoms with E-state index in [1.165, 1.54) is 13.8 Å². The molecule has 0 aliphatic heterocycles. The van der Waals surface area contributed by atoms with Gasteiger partial charge in [0.25, 0.3) is 0 Å². The highest BCUT2D eigenvalue weighted by Gasteiger charge is 2.33. The number of benzene rings is 1. The number of hydrogen-bond donors (Lipinski definition) is 0. The molecule has 0 heterocycles. The van der Waals surface area contributed by atoms with Crippen molar-refractivity contribution in [1.82, 2.24) is 0 Å². The molecule has 0 amide bonds. The molecule has 1 aliphatic carbocycles. The fourth-order valence-corrected chi connectivity index (χ4v) is 4.36. The van der Waals surface area contributed by atoms with Crippen molar-refractivity contribution in [2.24, 2.45) is 11.8 Å². The summed E-state index contributed by atoms with van der Waals surface area (Å²) < 4.78 is 0. The van der Waals surface area contributed by atoms with Crippen LogP contribution in [0, 0.1) is 11.8 Å². The van der Waals surface area contributed by atoms with Crippen LogP contribution in [-0.2, 0) is 19.2 Å². The molecule has 2 rings (SSSR count). The smallest absolute Gasteiger partial charge is 0.164 e. The van der Waals surface area contributed by atoms with Crippen LogP contribution in [0.25, 0.3) is 0 Å². The molecular formula is C26H32O6. The minimum absolute atomic E-state index is 0.0121. The predicted molar refractivity (Wildman–Crippen MR) is 120 cm³/mol. The topological polar surface area (TPSA) is 102 Å². The van der Waals surface area contributed by atoms with Crippen LogP contribution in [0.2, 0.25) is 0 Å². The normalized spacial score (nSPS) is 18.1. The Morgan fingerprint density at radius 1 is 0.688 bits per heavy atom. The van der Waals surface area contributed by atoms with E-state index >= 15 is 0 Å². The molecule has 1 fully saturated rings. The average Bonchev–Trinajstić information content (AvgIpc) is 2.79. The molecule has 172 valence electrons. The zero-order valence-corrected chi connectivity index (χ0v) is 19.0. The lowest BCUT2D eigenvalue weighted by molar-refractivity contribution is -0.133. The number of ketones is 6. The first-order valence-electron chi connectivity index (χ1n) is 11.4. The number of rotatable bonds is 13. The van der Waals surface area contributed by atoms with Gasteiger partial charge in [-0.2, -0.15) is 0 Å². The lowest BCUT2D eigenvalue weighted by Gasteiger charge is -2.28. The molecule has 1 aromatic carbocycles. The molecule has 0 radical (unpaired) electrons. The first kappa shape index (κ1) is 25.5. The van der Waals surface area contributed by atoms with Gasteiger partial charge in [-0.05, 0) is 26.7 Å². The summed E-state index contributed by atoms with van der Waals surface area (Å²) in [7, 11) is 0. The molecular weight excluding hydrogens is 408 g/mol. The van der Waals surface area contributed by atoms with Gasteiger partial charge < -0.3 is 4.79 Å². The first-order chi connectivity index (χ1) is 15.2. The monoisotopic (exact) mass is 440 g/mol. The number of carbonyl (C=O) groups is 6. The molecule has 0 aromatic heterocycles. The van der Waals surface area contributed by atoms with Crippen LogP contribution in [0.15, 0.2) is 24.3 Å². The van der Waals surface area contributed by atoms with E-state index in [-0.39, 0.29) is 96.2 Å². The van der Waals surface area contributed by atoms with E-state index in [1.54, 1.807) is 24.3 Å². The summed E-state index contributed by atoms with van der Waals surface area (Å²) in [5, 5.41) is 0. The molecule has 6 heteroatoms. The molecule has 0 N–H and O–H groups in total. The molecule has 1 saturated carbocycles. The van der Waals surface area contributed by atoms with Gasteiger partial charge in [-0.15, -0.1) is 0 Å². The molecule has 2 atom stereocenters. The molecule has 0 bridgehead atoms. The van der Waals surface area contributed by atoms with E-state index in [1.807, 2.05) is 0 Å². The number of carbonyl (C=O) groups excluding carboxylic acids is 6. The van der Waals surface area contributed by atoms with Crippen molar-refractivity contribution in [3.05, 3.63) is 35.4 Å². The van der Waals surface area contributed by atoms with Gasteiger partial charge in [0.1, 0.15) is 23.1 Å². The highest BCUT2D eigenvalue weighted by atomic mass is 16.2. The van der Waals surface area contributed by atoms with Crippen LogP contribution >= 0.6 is 0 Å². The molecule has 0 spiro atoms. The second-order valence-corrected chi connectivity index (χ2v) is 8.71. The highest BCUT2D eigenvalue weighted by molar-refractivity contribution is 6.10. The second kappa shape index (κ2) is 12.3. The summed E-state index contributed by atoms with van der Waals surface area (Å²) in [5.41, 5.74) is 0.511. The maximum absolute atomic E-state index is 12.8. The summed E-state index contributed by atoms with van der Waals surface area (Å²) in [6, 6.07) is 6.45. The van der Waals surface area contributed by atoms with Gasteiger partial charge in [-0.1, -0.05) is 37.1 Å². The fourth-order valence-electron chi connectivity index (χ4n) is 4.36. The van der Waals surface area contributed by atoms with Crippen molar-refractivity contribution >= 4 is 34.7 Å². The maximum Gasteiger partial charge on any atom is 0.164 e. The van der Waals surface area contributed by atoms with E-state index in [2.05, 4.69) is 0 Å². The van der Waals surface area contributed by atoms with Crippen LogP contribution in [0.5, 0.6) is 0 Å². The summed E-state index contributed by atoms with van der Waals surface area (Å²) in [6.45, 7) is 2.94. The SMILES string of the molecule is CC(=O)CCC(=O)CCC(=O)c1ccccc1C(=O)CCC(=O)C1CCCCC1C(C)=O. The maximum atomic E-state index is 12.8. The van der Waals surface area contributed by atoms with Crippen molar-refractivity contribution in [2.45, 2.75) is 78.1 Å². The average molecular weight is 441 g/mol. The zero-order valence-electron chi connectivity index (χ0n) is 19.0. The summed E-state index contributed by atoms with van der Waals surface area (Å²) in [5.74, 6) is -1.41. The molecule has 1 aromatic rings. The summed E-state index contributed by atoms with van der Waals surface area (Å²) in [6.07, 6.45) is 3.60. The first-order valence-corrected chi connectivity index (χ1v) is 11.4. The third-order valence-electron chi connectivity index (χ3n) is 6.21. The molecule has 0 saturated heterocycles. The lowest BCUT2D eigenvalue weighted by atomic mass is 9.74. The van der Waals surface area contributed by atoms with Crippen molar-refractivity contribution < 1.29 is 28.8 Å². The summed E-state index contributed by atoms with van der Waals surface area (Å²) >= 11 is 0. The lowest BCUT2D eigenvalue weighted by Crippen LogP contribution is -2.31. The molecule has 32 heavy (non-hydrogen) atoms. The van der Waals surface area contributed by atoms with Crippen LogP contribution in [0.3, 0.4) is 0 Å². The van der Waals surface area contributed by atoms with Crippen LogP contribution in [0.4, 0.5) is 0 Å². The van der Waals surface area contributed by atoms with Gasteiger partial charge in [-0.25, -0.2) is 0 Å².